The monoisotopic (exact) mass is 292 g/mol. The normalized spacial score (nSPS) is 14.8. The molecule has 0 radical (unpaired) electrons. The van der Waals surface area contributed by atoms with Crippen LogP contribution in [0, 0.1) is 5.92 Å². The zero-order valence-electron chi connectivity index (χ0n) is 12.3. The van der Waals surface area contributed by atoms with E-state index in [4.69, 9.17) is 22.7 Å². The summed E-state index contributed by atoms with van der Waals surface area (Å²) in [5.41, 5.74) is 6.49. The van der Waals surface area contributed by atoms with Crippen molar-refractivity contribution in [1.82, 2.24) is 4.90 Å². The molecule has 1 saturated carbocycles. The predicted octanol–water partition coefficient (Wildman–Crippen LogP) is 2.82. The first kappa shape index (κ1) is 15.3. The molecular weight excluding hydrogens is 268 g/mol. The van der Waals surface area contributed by atoms with Crippen LogP contribution in [0.5, 0.6) is 5.75 Å². The highest BCUT2D eigenvalue weighted by Gasteiger charge is 2.28. The third-order valence-electron chi connectivity index (χ3n) is 3.43. The van der Waals surface area contributed by atoms with Crippen LogP contribution in [0.3, 0.4) is 0 Å². The molecule has 0 saturated heterocycles. The first-order valence-electron chi connectivity index (χ1n) is 7.33. The summed E-state index contributed by atoms with van der Waals surface area (Å²) in [5, 5.41) is 0. The largest absolute Gasteiger partial charge is 0.492 e. The van der Waals surface area contributed by atoms with Crippen molar-refractivity contribution >= 4 is 17.2 Å². The Bertz CT molecular complexity index is 458. The van der Waals surface area contributed by atoms with E-state index in [0.29, 0.717) is 17.5 Å². The van der Waals surface area contributed by atoms with Crippen molar-refractivity contribution in [3.63, 3.8) is 0 Å². The summed E-state index contributed by atoms with van der Waals surface area (Å²) in [5.74, 6) is 1.55. The molecule has 0 aliphatic heterocycles. The second-order valence-corrected chi connectivity index (χ2v) is 6.30. The number of rotatable bonds is 8. The first-order valence-corrected chi connectivity index (χ1v) is 7.74. The fraction of sp³-hybridized carbons (Fsp3) is 0.562. The van der Waals surface area contributed by atoms with Crippen LogP contribution in [-0.2, 0) is 0 Å². The van der Waals surface area contributed by atoms with Crippen molar-refractivity contribution in [3.8, 4) is 5.75 Å². The zero-order valence-corrected chi connectivity index (χ0v) is 13.2. The van der Waals surface area contributed by atoms with Gasteiger partial charge >= 0.3 is 0 Å². The summed E-state index contributed by atoms with van der Waals surface area (Å²) in [6.07, 6.45) is 2.67. The van der Waals surface area contributed by atoms with Gasteiger partial charge in [0, 0.05) is 24.7 Å². The van der Waals surface area contributed by atoms with Gasteiger partial charge in [-0.3, -0.25) is 4.90 Å². The van der Waals surface area contributed by atoms with Gasteiger partial charge < -0.3 is 10.5 Å². The lowest BCUT2D eigenvalue weighted by Crippen LogP contribution is -2.33. The standard InChI is InChI=1S/C16H24N2OS/c1-12(2)11-18(14-6-7-14)8-9-19-15-5-3-4-13(10-15)16(17)20/h3-5,10,12,14H,6-9,11H2,1-2H3,(H2,17,20). The van der Waals surface area contributed by atoms with Crippen LogP contribution >= 0.6 is 12.2 Å². The molecular formula is C16H24N2OS. The van der Waals surface area contributed by atoms with Crippen LogP contribution < -0.4 is 10.5 Å². The van der Waals surface area contributed by atoms with Crippen molar-refractivity contribution in [2.45, 2.75) is 32.7 Å². The van der Waals surface area contributed by atoms with E-state index in [0.717, 1.165) is 30.4 Å². The van der Waals surface area contributed by atoms with E-state index in [1.807, 2.05) is 24.3 Å². The molecule has 1 fully saturated rings. The third kappa shape index (κ3) is 4.76. The van der Waals surface area contributed by atoms with Crippen molar-refractivity contribution in [2.24, 2.45) is 11.7 Å². The van der Waals surface area contributed by atoms with Crippen molar-refractivity contribution in [1.29, 1.82) is 0 Å². The van der Waals surface area contributed by atoms with E-state index in [1.165, 1.54) is 12.8 Å². The van der Waals surface area contributed by atoms with E-state index in [9.17, 15) is 0 Å². The van der Waals surface area contributed by atoms with E-state index >= 15 is 0 Å². The van der Waals surface area contributed by atoms with Crippen LogP contribution in [0.25, 0.3) is 0 Å². The molecule has 110 valence electrons. The summed E-state index contributed by atoms with van der Waals surface area (Å²) < 4.78 is 5.83. The molecule has 20 heavy (non-hydrogen) atoms. The molecule has 1 aliphatic carbocycles. The quantitative estimate of drug-likeness (QED) is 0.748. The Labute approximate surface area is 127 Å². The summed E-state index contributed by atoms with van der Waals surface area (Å²) in [7, 11) is 0. The van der Waals surface area contributed by atoms with Gasteiger partial charge in [-0.25, -0.2) is 0 Å². The van der Waals surface area contributed by atoms with Gasteiger partial charge in [0.05, 0.1) is 0 Å². The highest BCUT2D eigenvalue weighted by atomic mass is 32.1. The van der Waals surface area contributed by atoms with Crippen LogP contribution in [0.1, 0.15) is 32.3 Å². The topological polar surface area (TPSA) is 38.5 Å². The lowest BCUT2D eigenvalue weighted by atomic mass is 10.2. The van der Waals surface area contributed by atoms with E-state index in [2.05, 4.69) is 18.7 Å². The van der Waals surface area contributed by atoms with Gasteiger partial charge in [0.15, 0.2) is 0 Å². The molecule has 0 unspecified atom stereocenters. The van der Waals surface area contributed by atoms with Crippen LogP contribution in [-0.4, -0.2) is 35.6 Å². The number of nitrogens with two attached hydrogens (primary N) is 1. The molecule has 1 aliphatic rings. The summed E-state index contributed by atoms with van der Waals surface area (Å²) >= 11 is 4.98. The minimum Gasteiger partial charge on any atom is -0.492 e. The number of thiocarbonyl (C=S) groups is 1. The van der Waals surface area contributed by atoms with Crippen molar-refractivity contribution < 1.29 is 4.74 Å². The highest BCUT2D eigenvalue weighted by Crippen LogP contribution is 2.27. The van der Waals surface area contributed by atoms with Crippen molar-refractivity contribution in [3.05, 3.63) is 29.8 Å². The molecule has 0 heterocycles. The van der Waals surface area contributed by atoms with Gasteiger partial charge in [0.25, 0.3) is 0 Å². The maximum atomic E-state index is 5.83. The van der Waals surface area contributed by atoms with Gasteiger partial charge in [-0.15, -0.1) is 0 Å². The Hall–Kier alpha value is -1.13. The zero-order chi connectivity index (χ0) is 14.5. The molecule has 4 heteroatoms. The summed E-state index contributed by atoms with van der Waals surface area (Å²) in [6.45, 7) is 7.38. The molecule has 2 rings (SSSR count). The Kier molecular flexibility index (Phi) is 5.38. The number of benzene rings is 1. The minimum absolute atomic E-state index is 0.412. The van der Waals surface area contributed by atoms with E-state index in [1.54, 1.807) is 0 Å². The second kappa shape index (κ2) is 7.04. The van der Waals surface area contributed by atoms with E-state index < -0.39 is 0 Å². The average molecular weight is 292 g/mol. The van der Waals surface area contributed by atoms with Gasteiger partial charge in [-0.2, -0.15) is 0 Å². The van der Waals surface area contributed by atoms with Gasteiger partial charge in [-0.1, -0.05) is 38.2 Å². The van der Waals surface area contributed by atoms with Gasteiger partial charge in [-0.05, 0) is 30.9 Å². The van der Waals surface area contributed by atoms with Gasteiger partial charge in [0.1, 0.15) is 17.3 Å². The van der Waals surface area contributed by atoms with Crippen LogP contribution in [0.2, 0.25) is 0 Å². The number of hydrogen-bond donors (Lipinski definition) is 1. The number of nitrogens with zero attached hydrogens (tertiary/aromatic N) is 1. The van der Waals surface area contributed by atoms with Crippen LogP contribution in [0.4, 0.5) is 0 Å². The summed E-state index contributed by atoms with van der Waals surface area (Å²) in [4.78, 5) is 2.96. The second-order valence-electron chi connectivity index (χ2n) is 5.86. The Morgan fingerprint density at radius 3 is 2.80 bits per heavy atom. The molecule has 1 aromatic carbocycles. The lowest BCUT2D eigenvalue weighted by molar-refractivity contribution is 0.185. The molecule has 0 bridgehead atoms. The maximum absolute atomic E-state index is 5.83. The lowest BCUT2D eigenvalue weighted by Gasteiger charge is -2.24. The minimum atomic E-state index is 0.412. The smallest absolute Gasteiger partial charge is 0.120 e. The molecule has 0 atom stereocenters. The maximum Gasteiger partial charge on any atom is 0.120 e. The predicted molar refractivity (Wildman–Crippen MR) is 87.3 cm³/mol. The Morgan fingerprint density at radius 1 is 1.45 bits per heavy atom. The molecule has 0 spiro atoms. The number of hydrogen-bond acceptors (Lipinski definition) is 3. The molecule has 0 aromatic heterocycles. The Morgan fingerprint density at radius 2 is 2.20 bits per heavy atom. The Balaban J connectivity index is 1.82. The van der Waals surface area contributed by atoms with E-state index in [-0.39, 0.29) is 0 Å². The van der Waals surface area contributed by atoms with Crippen LogP contribution in [0.15, 0.2) is 24.3 Å². The highest BCUT2D eigenvalue weighted by molar-refractivity contribution is 7.80. The summed E-state index contributed by atoms with van der Waals surface area (Å²) in [6, 6.07) is 8.47. The first-order chi connectivity index (χ1) is 9.56. The SMILES string of the molecule is CC(C)CN(CCOc1cccc(C(N)=S)c1)C1CC1. The molecule has 3 nitrogen and oxygen atoms in total. The molecule has 2 N–H and O–H groups in total. The molecule has 1 aromatic rings. The van der Waals surface area contributed by atoms with Crippen molar-refractivity contribution in [2.75, 3.05) is 19.7 Å². The number of ether oxygens (including phenoxy) is 1. The third-order valence-corrected chi connectivity index (χ3v) is 3.66. The fourth-order valence-electron chi connectivity index (χ4n) is 2.35. The van der Waals surface area contributed by atoms with Gasteiger partial charge in [0.2, 0.25) is 0 Å². The fourth-order valence-corrected chi connectivity index (χ4v) is 2.48. The molecule has 0 amide bonds. The average Bonchev–Trinajstić information content (AvgIpc) is 3.21.